The summed E-state index contributed by atoms with van der Waals surface area (Å²) in [6, 6.07) is 18.1. The highest BCUT2D eigenvalue weighted by Crippen LogP contribution is 2.24. The molecule has 1 amide bonds. The lowest BCUT2D eigenvalue weighted by atomic mass is 10.1. The van der Waals surface area contributed by atoms with Crippen molar-refractivity contribution in [3.05, 3.63) is 71.5 Å². The molecule has 0 spiro atoms. The number of anilines is 1. The van der Waals surface area contributed by atoms with E-state index in [0.29, 0.717) is 0 Å². The zero-order valence-corrected chi connectivity index (χ0v) is 16.7. The van der Waals surface area contributed by atoms with Crippen molar-refractivity contribution < 1.29 is 4.79 Å². The van der Waals surface area contributed by atoms with Gasteiger partial charge in [-0.15, -0.1) is 10.2 Å². The maximum Gasteiger partial charge on any atom is 0.237 e. The van der Waals surface area contributed by atoms with Gasteiger partial charge in [0.05, 0.1) is 5.25 Å². The fourth-order valence-electron chi connectivity index (χ4n) is 2.68. The van der Waals surface area contributed by atoms with E-state index in [-0.39, 0.29) is 11.2 Å². The van der Waals surface area contributed by atoms with Gasteiger partial charge in [0, 0.05) is 12.2 Å². The van der Waals surface area contributed by atoms with Gasteiger partial charge in [0.25, 0.3) is 0 Å². The summed E-state index contributed by atoms with van der Waals surface area (Å²) in [5.74, 6) is 0.818. The molecule has 0 saturated carbocycles. The van der Waals surface area contributed by atoms with E-state index in [9.17, 15) is 4.79 Å². The third-order valence-electron chi connectivity index (χ3n) is 4.34. The zero-order valence-electron chi connectivity index (χ0n) is 15.8. The van der Waals surface area contributed by atoms with Crippen LogP contribution in [0.2, 0.25) is 0 Å². The molecule has 0 bridgehead atoms. The number of amides is 1. The topological polar surface area (TPSA) is 59.8 Å². The second kappa shape index (κ2) is 8.86. The summed E-state index contributed by atoms with van der Waals surface area (Å²) in [7, 11) is 0. The fraction of sp³-hybridized carbons (Fsp3) is 0.286. The van der Waals surface area contributed by atoms with Crippen LogP contribution in [0.3, 0.4) is 0 Å². The van der Waals surface area contributed by atoms with E-state index in [1.54, 1.807) is 0 Å². The molecule has 2 aromatic carbocycles. The number of hydrogen-bond donors (Lipinski definition) is 1. The second-order valence-electron chi connectivity index (χ2n) is 6.53. The van der Waals surface area contributed by atoms with E-state index in [0.717, 1.165) is 35.2 Å². The van der Waals surface area contributed by atoms with E-state index >= 15 is 0 Å². The lowest BCUT2D eigenvalue weighted by molar-refractivity contribution is -0.115. The number of aryl methyl sites for hydroxylation is 3. The second-order valence-corrected chi connectivity index (χ2v) is 7.84. The van der Waals surface area contributed by atoms with Crippen LogP contribution in [0, 0.1) is 13.8 Å². The highest BCUT2D eigenvalue weighted by Gasteiger charge is 2.19. The summed E-state index contributed by atoms with van der Waals surface area (Å²) in [6.45, 7) is 6.64. The lowest BCUT2D eigenvalue weighted by Crippen LogP contribution is -2.23. The van der Waals surface area contributed by atoms with Crippen LogP contribution in [-0.4, -0.2) is 25.9 Å². The maximum atomic E-state index is 12.5. The first kappa shape index (κ1) is 19.2. The Morgan fingerprint density at radius 3 is 2.48 bits per heavy atom. The van der Waals surface area contributed by atoms with Crippen LogP contribution in [0.15, 0.2) is 59.8 Å². The Morgan fingerprint density at radius 2 is 1.78 bits per heavy atom. The summed E-state index contributed by atoms with van der Waals surface area (Å²) in [4.78, 5) is 12.5. The number of nitrogens with zero attached hydrogens (tertiary/aromatic N) is 3. The van der Waals surface area contributed by atoms with Crippen molar-refractivity contribution in [3.63, 3.8) is 0 Å². The van der Waals surface area contributed by atoms with E-state index in [4.69, 9.17) is 0 Å². The number of carbonyl (C=O) groups is 1. The monoisotopic (exact) mass is 380 g/mol. The van der Waals surface area contributed by atoms with E-state index in [1.807, 2.05) is 63.2 Å². The van der Waals surface area contributed by atoms with Gasteiger partial charge in [0.15, 0.2) is 5.16 Å². The minimum atomic E-state index is -0.273. The van der Waals surface area contributed by atoms with Crippen LogP contribution < -0.4 is 5.32 Å². The first-order valence-corrected chi connectivity index (χ1v) is 9.89. The molecule has 1 heterocycles. The molecule has 0 aliphatic heterocycles. The normalized spacial score (nSPS) is 12.0. The van der Waals surface area contributed by atoms with Gasteiger partial charge in [-0.1, -0.05) is 59.8 Å². The van der Waals surface area contributed by atoms with Crippen LogP contribution in [0.4, 0.5) is 5.69 Å². The summed E-state index contributed by atoms with van der Waals surface area (Å²) < 4.78 is 2.08. The Hall–Kier alpha value is -2.60. The van der Waals surface area contributed by atoms with Crippen molar-refractivity contribution in [1.82, 2.24) is 14.8 Å². The van der Waals surface area contributed by atoms with E-state index in [2.05, 4.69) is 32.2 Å². The minimum absolute atomic E-state index is 0.0425. The third kappa shape index (κ3) is 5.20. The number of benzene rings is 2. The number of carbonyl (C=O) groups excluding carboxylic acids is 1. The van der Waals surface area contributed by atoms with Crippen LogP contribution in [0.5, 0.6) is 0 Å². The smallest absolute Gasteiger partial charge is 0.237 e. The van der Waals surface area contributed by atoms with Crippen molar-refractivity contribution in [2.45, 2.75) is 44.1 Å². The number of thioether (sulfide) groups is 1. The standard InChI is InChI=1S/C21H24N4OS/c1-15-9-11-19(12-10-15)22-20(26)16(2)27-21-24-23-17(3)25(21)14-13-18-7-5-4-6-8-18/h4-12,16H,13-14H2,1-3H3,(H,22,26)/t16-/m0/s1. The summed E-state index contributed by atoms with van der Waals surface area (Å²) in [6.07, 6.45) is 0.900. The first-order valence-electron chi connectivity index (χ1n) is 9.01. The fourth-order valence-corrected chi connectivity index (χ4v) is 3.60. The Kier molecular flexibility index (Phi) is 6.29. The molecule has 0 aliphatic carbocycles. The Morgan fingerprint density at radius 1 is 1.07 bits per heavy atom. The quantitative estimate of drug-likeness (QED) is 0.622. The average Bonchev–Trinajstić information content (AvgIpc) is 3.02. The van der Waals surface area contributed by atoms with Crippen LogP contribution in [0.25, 0.3) is 0 Å². The molecule has 6 heteroatoms. The van der Waals surface area contributed by atoms with Crippen molar-refractivity contribution in [2.75, 3.05) is 5.32 Å². The molecule has 140 valence electrons. The van der Waals surface area contributed by atoms with Gasteiger partial charge in [-0.25, -0.2) is 0 Å². The largest absolute Gasteiger partial charge is 0.325 e. The minimum Gasteiger partial charge on any atom is -0.325 e. The molecule has 1 atom stereocenters. The molecular formula is C21H24N4OS. The van der Waals surface area contributed by atoms with E-state index in [1.165, 1.54) is 17.3 Å². The van der Waals surface area contributed by atoms with Gasteiger partial charge in [0.1, 0.15) is 5.82 Å². The summed E-state index contributed by atoms with van der Waals surface area (Å²) in [5, 5.41) is 11.9. The molecule has 1 N–H and O–H groups in total. The van der Waals surface area contributed by atoms with Crippen LogP contribution in [-0.2, 0) is 17.8 Å². The average molecular weight is 381 g/mol. The molecule has 5 nitrogen and oxygen atoms in total. The molecule has 0 aliphatic rings. The molecule has 3 aromatic rings. The van der Waals surface area contributed by atoms with Gasteiger partial charge >= 0.3 is 0 Å². The Bertz CT molecular complexity index is 890. The number of nitrogens with one attached hydrogen (secondary N) is 1. The predicted molar refractivity (Wildman–Crippen MR) is 110 cm³/mol. The number of aromatic nitrogens is 3. The van der Waals surface area contributed by atoms with Gasteiger partial charge in [-0.3, -0.25) is 4.79 Å². The van der Waals surface area contributed by atoms with Crippen LogP contribution in [0.1, 0.15) is 23.9 Å². The third-order valence-corrected chi connectivity index (χ3v) is 5.42. The molecule has 0 saturated heterocycles. The Balaban J connectivity index is 1.62. The lowest BCUT2D eigenvalue weighted by Gasteiger charge is -2.13. The van der Waals surface area contributed by atoms with Gasteiger partial charge < -0.3 is 9.88 Å². The van der Waals surface area contributed by atoms with Gasteiger partial charge in [0.2, 0.25) is 5.91 Å². The van der Waals surface area contributed by atoms with E-state index < -0.39 is 0 Å². The highest BCUT2D eigenvalue weighted by atomic mass is 32.2. The van der Waals surface area contributed by atoms with Crippen molar-refractivity contribution in [3.8, 4) is 0 Å². The molecular weight excluding hydrogens is 356 g/mol. The molecule has 0 radical (unpaired) electrons. The first-order chi connectivity index (χ1) is 13.0. The van der Waals surface area contributed by atoms with Crippen molar-refractivity contribution in [1.29, 1.82) is 0 Å². The molecule has 0 fully saturated rings. The van der Waals surface area contributed by atoms with Crippen molar-refractivity contribution in [2.24, 2.45) is 0 Å². The molecule has 1 aromatic heterocycles. The Labute approximate surface area is 164 Å². The maximum absolute atomic E-state index is 12.5. The highest BCUT2D eigenvalue weighted by molar-refractivity contribution is 8.00. The van der Waals surface area contributed by atoms with Crippen LogP contribution >= 0.6 is 11.8 Å². The van der Waals surface area contributed by atoms with Gasteiger partial charge in [-0.2, -0.15) is 0 Å². The number of hydrogen-bond acceptors (Lipinski definition) is 4. The van der Waals surface area contributed by atoms with Gasteiger partial charge in [-0.05, 0) is 44.9 Å². The molecule has 3 rings (SSSR count). The summed E-state index contributed by atoms with van der Waals surface area (Å²) in [5.41, 5.74) is 3.24. The zero-order chi connectivity index (χ0) is 19.2. The SMILES string of the molecule is Cc1ccc(NC(=O)[C@H](C)Sc2nnc(C)n2CCc2ccccc2)cc1. The summed E-state index contributed by atoms with van der Waals surface area (Å²) >= 11 is 1.43. The molecule has 0 unspecified atom stereocenters. The number of rotatable bonds is 7. The predicted octanol–water partition coefficient (Wildman–Crippen LogP) is 4.26. The molecule has 27 heavy (non-hydrogen) atoms. The van der Waals surface area contributed by atoms with Crippen molar-refractivity contribution >= 4 is 23.4 Å².